The largest absolute Gasteiger partial charge is 0.311 e. The molecule has 0 radical (unpaired) electrons. The van der Waals surface area contributed by atoms with E-state index in [2.05, 4.69) is 21.3 Å². The molecule has 0 bridgehead atoms. The third kappa shape index (κ3) is 1.96. The average molecular weight is 254 g/mol. The molecule has 2 N–H and O–H groups in total. The Bertz CT molecular complexity index is 678. The second-order valence-electron chi connectivity index (χ2n) is 4.57. The molecule has 0 spiro atoms. The minimum atomic E-state index is -0.0459. The van der Waals surface area contributed by atoms with Crippen LogP contribution in [0.2, 0.25) is 0 Å². The number of aromatic amines is 1. The quantitative estimate of drug-likeness (QED) is 0.778. The monoisotopic (exact) mass is 254 g/mol. The summed E-state index contributed by atoms with van der Waals surface area (Å²) in [6.45, 7) is 1.40. The van der Waals surface area contributed by atoms with Gasteiger partial charge in [-0.3, -0.25) is 9.89 Å². The van der Waals surface area contributed by atoms with Gasteiger partial charge >= 0.3 is 0 Å². The third-order valence-electron chi connectivity index (χ3n) is 3.35. The molecule has 1 atom stereocenters. The van der Waals surface area contributed by atoms with Gasteiger partial charge in [-0.1, -0.05) is 6.07 Å². The topological polar surface area (TPSA) is 62.7 Å². The van der Waals surface area contributed by atoms with Crippen molar-refractivity contribution in [2.75, 3.05) is 6.54 Å². The van der Waals surface area contributed by atoms with Gasteiger partial charge in [0.25, 0.3) is 5.56 Å². The van der Waals surface area contributed by atoms with E-state index in [1.807, 2.05) is 12.1 Å². The number of aromatic nitrogens is 3. The molecule has 96 valence electrons. The highest BCUT2D eigenvalue weighted by atomic mass is 16.1. The van der Waals surface area contributed by atoms with Crippen LogP contribution in [0.5, 0.6) is 0 Å². The summed E-state index contributed by atoms with van der Waals surface area (Å²) in [7, 11) is 0. The van der Waals surface area contributed by atoms with Crippen LogP contribution in [0.25, 0.3) is 5.82 Å². The molecule has 1 aliphatic rings. The maximum Gasteiger partial charge on any atom is 0.276 e. The van der Waals surface area contributed by atoms with E-state index in [0.717, 1.165) is 17.8 Å². The van der Waals surface area contributed by atoms with E-state index in [1.54, 1.807) is 12.3 Å². The number of hydrogen-bond acceptors (Lipinski definition) is 3. The van der Waals surface area contributed by atoms with Gasteiger partial charge in [0.15, 0.2) is 5.82 Å². The van der Waals surface area contributed by atoms with Crippen molar-refractivity contribution in [3.05, 3.63) is 46.0 Å². The summed E-state index contributed by atoms with van der Waals surface area (Å²) in [6, 6.07) is 5.47. The molecule has 0 saturated carbocycles. The molecule has 2 aromatic heterocycles. The van der Waals surface area contributed by atoms with Gasteiger partial charge in [0, 0.05) is 37.2 Å². The van der Waals surface area contributed by atoms with Gasteiger partial charge in [0.1, 0.15) is 0 Å². The Kier molecular flexibility index (Phi) is 2.94. The van der Waals surface area contributed by atoms with Crippen LogP contribution >= 0.6 is 0 Å². The van der Waals surface area contributed by atoms with Crippen LogP contribution < -0.4 is 10.9 Å². The van der Waals surface area contributed by atoms with Gasteiger partial charge in [0.2, 0.25) is 0 Å². The van der Waals surface area contributed by atoms with Crippen LogP contribution in [-0.4, -0.2) is 21.3 Å². The number of rotatable bonds is 2. The molecule has 3 rings (SSSR count). The zero-order valence-electron chi connectivity index (χ0n) is 10.4. The van der Waals surface area contributed by atoms with Crippen LogP contribution in [0, 0.1) is 12.3 Å². The van der Waals surface area contributed by atoms with Crippen molar-refractivity contribution in [3.63, 3.8) is 0 Å². The van der Waals surface area contributed by atoms with Gasteiger partial charge in [-0.25, -0.2) is 9.67 Å². The molecule has 5 nitrogen and oxygen atoms in total. The van der Waals surface area contributed by atoms with Gasteiger partial charge in [-0.2, -0.15) is 0 Å². The molecular weight excluding hydrogens is 240 g/mol. The number of nitrogens with zero attached hydrogens (tertiary/aromatic N) is 2. The highest BCUT2D eigenvalue weighted by Gasteiger charge is 2.26. The van der Waals surface area contributed by atoms with Crippen LogP contribution in [0.15, 0.2) is 29.2 Å². The predicted molar refractivity (Wildman–Crippen MR) is 72.1 cm³/mol. The Labute approximate surface area is 110 Å². The number of fused-ring (bicyclic) bond motifs is 1. The fourth-order valence-corrected chi connectivity index (χ4v) is 2.49. The number of hydrogen-bond donors (Lipinski definition) is 2. The first-order valence-electron chi connectivity index (χ1n) is 6.20. The summed E-state index contributed by atoms with van der Waals surface area (Å²) >= 11 is 0. The molecular formula is C14H14N4O. The Morgan fingerprint density at radius 2 is 2.42 bits per heavy atom. The minimum Gasteiger partial charge on any atom is -0.311 e. The molecule has 0 saturated heterocycles. The maximum atomic E-state index is 12.5. The summed E-state index contributed by atoms with van der Waals surface area (Å²) in [6.07, 6.45) is 7.61. The van der Waals surface area contributed by atoms with E-state index in [1.165, 1.54) is 4.68 Å². The summed E-state index contributed by atoms with van der Waals surface area (Å²) < 4.78 is 1.49. The van der Waals surface area contributed by atoms with Crippen LogP contribution in [0.3, 0.4) is 0 Å². The van der Waals surface area contributed by atoms with E-state index in [0.29, 0.717) is 18.8 Å². The van der Waals surface area contributed by atoms with E-state index in [-0.39, 0.29) is 11.5 Å². The normalized spacial score (nSPS) is 17.7. The highest BCUT2D eigenvalue weighted by Crippen LogP contribution is 2.22. The Balaban J connectivity index is 2.12. The Hall–Kier alpha value is -2.32. The number of pyridine rings is 1. The molecule has 19 heavy (non-hydrogen) atoms. The fourth-order valence-electron chi connectivity index (χ4n) is 2.49. The van der Waals surface area contributed by atoms with Gasteiger partial charge in [-0.05, 0) is 12.1 Å². The number of H-pyrrole nitrogens is 1. The SMILES string of the molecule is C#CCC1CNCc2[nH]n(-c3ccccn3)c(=O)c21. The summed E-state index contributed by atoms with van der Waals surface area (Å²) in [4.78, 5) is 16.7. The van der Waals surface area contributed by atoms with Crippen molar-refractivity contribution in [2.45, 2.75) is 18.9 Å². The second kappa shape index (κ2) is 4.75. The second-order valence-corrected chi connectivity index (χ2v) is 4.57. The molecule has 1 aliphatic heterocycles. The fraction of sp³-hybridized carbons (Fsp3) is 0.286. The van der Waals surface area contributed by atoms with Gasteiger partial charge in [-0.15, -0.1) is 12.3 Å². The molecule has 1 unspecified atom stereocenters. The predicted octanol–water partition coefficient (Wildman–Crippen LogP) is 0.771. The van der Waals surface area contributed by atoms with Crippen molar-refractivity contribution >= 4 is 0 Å². The van der Waals surface area contributed by atoms with Crippen molar-refractivity contribution in [1.82, 2.24) is 20.1 Å². The lowest BCUT2D eigenvalue weighted by atomic mass is 9.93. The molecule has 0 aromatic carbocycles. The smallest absolute Gasteiger partial charge is 0.276 e. The van der Waals surface area contributed by atoms with Crippen LogP contribution in [0.1, 0.15) is 23.6 Å². The molecule has 0 amide bonds. The first-order valence-corrected chi connectivity index (χ1v) is 6.20. The summed E-state index contributed by atoms with van der Waals surface area (Å²) in [5, 5.41) is 6.39. The van der Waals surface area contributed by atoms with E-state index in [9.17, 15) is 4.79 Å². The average Bonchev–Trinajstić information content (AvgIpc) is 2.79. The summed E-state index contributed by atoms with van der Waals surface area (Å²) in [5.41, 5.74) is 1.65. The standard InChI is InChI=1S/C14H14N4O/c1-2-5-10-8-15-9-11-13(10)14(19)18(17-11)12-6-3-4-7-16-12/h1,3-4,6-7,10,15,17H,5,8-9H2. The lowest BCUT2D eigenvalue weighted by Gasteiger charge is -2.19. The highest BCUT2D eigenvalue weighted by molar-refractivity contribution is 5.31. The zero-order chi connectivity index (χ0) is 13.2. The third-order valence-corrected chi connectivity index (χ3v) is 3.35. The van der Waals surface area contributed by atoms with Crippen LogP contribution in [-0.2, 0) is 6.54 Å². The maximum absolute atomic E-state index is 12.5. The van der Waals surface area contributed by atoms with Crippen molar-refractivity contribution in [1.29, 1.82) is 0 Å². The number of nitrogens with one attached hydrogen (secondary N) is 2. The molecule has 0 fully saturated rings. The van der Waals surface area contributed by atoms with E-state index in [4.69, 9.17) is 6.42 Å². The Morgan fingerprint density at radius 3 is 3.16 bits per heavy atom. The summed E-state index contributed by atoms with van der Waals surface area (Å²) in [5.74, 6) is 3.31. The van der Waals surface area contributed by atoms with Crippen LogP contribution in [0.4, 0.5) is 0 Å². The van der Waals surface area contributed by atoms with E-state index < -0.39 is 0 Å². The van der Waals surface area contributed by atoms with Gasteiger partial charge in [0.05, 0.1) is 5.69 Å². The lowest BCUT2D eigenvalue weighted by Crippen LogP contribution is -2.31. The first-order chi connectivity index (χ1) is 9.31. The molecule has 0 aliphatic carbocycles. The van der Waals surface area contributed by atoms with Crippen molar-refractivity contribution < 1.29 is 0 Å². The van der Waals surface area contributed by atoms with Gasteiger partial charge < -0.3 is 5.32 Å². The first kappa shape index (κ1) is 11.8. The van der Waals surface area contributed by atoms with Crippen molar-refractivity contribution in [2.24, 2.45) is 0 Å². The van der Waals surface area contributed by atoms with E-state index >= 15 is 0 Å². The lowest BCUT2D eigenvalue weighted by molar-refractivity contribution is 0.542. The molecule has 2 aromatic rings. The van der Waals surface area contributed by atoms with Crippen molar-refractivity contribution in [3.8, 4) is 18.2 Å². The Morgan fingerprint density at radius 1 is 1.53 bits per heavy atom. The minimum absolute atomic E-state index is 0.0459. The molecule has 5 heteroatoms. The number of terminal acetylenes is 1. The molecule has 3 heterocycles. The zero-order valence-corrected chi connectivity index (χ0v) is 10.4.